The second-order valence-corrected chi connectivity index (χ2v) is 8.63. The van der Waals surface area contributed by atoms with Crippen molar-refractivity contribution >= 4 is 23.1 Å². The van der Waals surface area contributed by atoms with Crippen LogP contribution in [0.25, 0.3) is 0 Å². The number of ether oxygens (including phenoxy) is 2. The largest absolute Gasteiger partial charge is 0.491 e. The van der Waals surface area contributed by atoms with Gasteiger partial charge in [-0.15, -0.1) is 0 Å². The minimum atomic E-state index is -4.62. The van der Waals surface area contributed by atoms with Crippen molar-refractivity contribution in [3.05, 3.63) is 60.3 Å². The van der Waals surface area contributed by atoms with Crippen LogP contribution in [0, 0.1) is 0 Å². The maximum absolute atomic E-state index is 13.5. The molecule has 0 saturated heterocycles. The lowest BCUT2D eigenvalue weighted by atomic mass is 10.2. The van der Waals surface area contributed by atoms with E-state index in [0.717, 1.165) is 6.20 Å². The van der Waals surface area contributed by atoms with Crippen molar-refractivity contribution in [3.63, 3.8) is 0 Å². The summed E-state index contributed by atoms with van der Waals surface area (Å²) >= 11 is 0. The zero-order valence-corrected chi connectivity index (χ0v) is 19.1. The molecule has 0 spiro atoms. The highest BCUT2D eigenvalue weighted by Gasteiger charge is 2.35. The van der Waals surface area contributed by atoms with E-state index in [0.29, 0.717) is 22.9 Å². The molecule has 0 aliphatic carbocycles. The van der Waals surface area contributed by atoms with Gasteiger partial charge < -0.3 is 20.1 Å². The highest BCUT2D eigenvalue weighted by molar-refractivity contribution is 5.63. The molecule has 6 nitrogen and oxygen atoms in total. The van der Waals surface area contributed by atoms with E-state index in [2.05, 4.69) is 20.6 Å². The van der Waals surface area contributed by atoms with E-state index in [1.54, 1.807) is 48.5 Å². The molecule has 2 aromatic carbocycles. The maximum Gasteiger partial charge on any atom is 0.421 e. The number of aromatic nitrogens is 2. The smallest absolute Gasteiger partial charge is 0.421 e. The lowest BCUT2D eigenvalue weighted by molar-refractivity contribution is -0.137. The number of alkyl halides is 3. The van der Waals surface area contributed by atoms with E-state index in [1.165, 1.54) is 0 Å². The van der Waals surface area contributed by atoms with Crippen molar-refractivity contribution in [2.45, 2.75) is 52.5 Å². The Hall–Kier alpha value is -3.49. The van der Waals surface area contributed by atoms with Gasteiger partial charge in [0.25, 0.3) is 0 Å². The normalized spacial score (nSPS) is 11.9. The van der Waals surface area contributed by atoms with Gasteiger partial charge in [-0.3, -0.25) is 0 Å². The Morgan fingerprint density at radius 3 is 1.88 bits per heavy atom. The Morgan fingerprint density at radius 2 is 1.36 bits per heavy atom. The molecular formula is C24H27F3N4O2. The second kappa shape index (κ2) is 9.56. The van der Waals surface area contributed by atoms with Gasteiger partial charge in [0.15, 0.2) is 0 Å². The van der Waals surface area contributed by atoms with Crippen LogP contribution < -0.4 is 20.1 Å². The first kappa shape index (κ1) is 24.2. The SMILES string of the molecule is CC(C)Oc1ccc(Nc2ncc(C(F)(F)F)c(Nc3ccc(OC(C)(C)C)cc3)n2)cc1. The Labute approximate surface area is 191 Å². The molecule has 33 heavy (non-hydrogen) atoms. The summed E-state index contributed by atoms with van der Waals surface area (Å²) in [6, 6.07) is 13.6. The number of rotatable bonds is 7. The van der Waals surface area contributed by atoms with Gasteiger partial charge >= 0.3 is 6.18 Å². The molecule has 0 atom stereocenters. The first-order chi connectivity index (χ1) is 15.4. The van der Waals surface area contributed by atoms with Gasteiger partial charge in [-0.2, -0.15) is 18.2 Å². The van der Waals surface area contributed by atoms with Crippen molar-refractivity contribution < 1.29 is 22.6 Å². The van der Waals surface area contributed by atoms with Crippen LogP contribution in [0.4, 0.5) is 36.3 Å². The first-order valence-corrected chi connectivity index (χ1v) is 10.4. The van der Waals surface area contributed by atoms with Crippen molar-refractivity contribution in [2.75, 3.05) is 10.6 Å². The topological polar surface area (TPSA) is 68.3 Å². The standard InChI is InChI=1S/C24H27F3N4O2/c1-15(2)32-18-10-6-17(7-11-18)30-22-28-14-20(24(25,26)27)21(31-22)29-16-8-12-19(13-9-16)33-23(3,4)5/h6-15H,1-5H3,(H2,28,29,30,31). The van der Waals surface area contributed by atoms with Crippen molar-refractivity contribution in [2.24, 2.45) is 0 Å². The molecule has 3 aromatic rings. The highest BCUT2D eigenvalue weighted by Crippen LogP contribution is 2.35. The van der Waals surface area contributed by atoms with Crippen LogP contribution in [0.1, 0.15) is 40.2 Å². The van der Waals surface area contributed by atoms with Crippen LogP contribution in [0.3, 0.4) is 0 Å². The number of hydrogen-bond acceptors (Lipinski definition) is 6. The summed E-state index contributed by atoms with van der Waals surface area (Å²) in [5.74, 6) is 0.962. The Bertz CT molecular complexity index is 1060. The summed E-state index contributed by atoms with van der Waals surface area (Å²) in [5, 5.41) is 5.66. The molecule has 0 unspecified atom stereocenters. The van der Waals surface area contributed by atoms with E-state index in [-0.39, 0.29) is 23.5 Å². The molecule has 1 heterocycles. The number of nitrogens with one attached hydrogen (secondary N) is 2. The van der Waals surface area contributed by atoms with Crippen LogP contribution in [-0.4, -0.2) is 21.7 Å². The summed E-state index contributed by atoms with van der Waals surface area (Å²) in [5.41, 5.74) is -0.309. The molecule has 176 valence electrons. The van der Waals surface area contributed by atoms with Crippen molar-refractivity contribution in [1.82, 2.24) is 9.97 Å². The Kier molecular flexibility index (Phi) is 7.00. The minimum absolute atomic E-state index is 0.0238. The Balaban J connectivity index is 1.82. The molecule has 3 rings (SSSR count). The lowest BCUT2D eigenvalue weighted by Gasteiger charge is -2.21. The fourth-order valence-electron chi connectivity index (χ4n) is 2.86. The monoisotopic (exact) mass is 460 g/mol. The van der Waals surface area contributed by atoms with E-state index in [1.807, 2.05) is 34.6 Å². The van der Waals surface area contributed by atoms with E-state index in [9.17, 15) is 13.2 Å². The number of nitrogens with zero attached hydrogens (tertiary/aromatic N) is 2. The summed E-state index contributed by atoms with van der Waals surface area (Å²) in [7, 11) is 0. The first-order valence-electron chi connectivity index (χ1n) is 10.4. The van der Waals surface area contributed by atoms with Gasteiger partial charge in [-0.1, -0.05) is 0 Å². The predicted octanol–water partition coefficient (Wildman–Crippen LogP) is 6.95. The van der Waals surface area contributed by atoms with E-state index in [4.69, 9.17) is 9.47 Å². The minimum Gasteiger partial charge on any atom is -0.491 e. The van der Waals surface area contributed by atoms with Gasteiger partial charge in [-0.25, -0.2) is 4.98 Å². The maximum atomic E-state index is 13.5. The number of hydrogen-bond donors (Lipinski definition) is 2. The zero-order chi connectivity index (χ0) is 24.2. The van der Waals surface area contributed by atoms with E-state index >= 15 is 0 Å². The van der Waals surface area contributed by atoms with E-state index < -0.39 is 11.7 Å². The summed E-state index contributed by atoms with van der Waals surface area (Å²) in [4.78, 5) is 7.90. The third-order valence-corrected chi connectivity index (χ3v) is 4.12. The molecule has 0 aliphatic rings. The summed E-state index contributed by atoms with van der Waals surface area (Å²) in [6.07, 6.45) is -3.83. The van der Waals surface area contributed by atoms with Crippen molar-refractivity contribution in [3.8, 4) is 11.5 Å². The van der Waals surface area contributed by atoms with Crippen LogP contribution in [0.15, 0.2) is 54.7 Å². The molecule has 0 radical (unpaired) electrons. The third-order valence-electron chi connectivity index (χ3n) is 4.12. The fraction of sp³-hybridized carbons (Fsp3) is 0.333. The fourth-order valence-corrected chi connectivity index (χ4v) is 2.86. The molecule has 0 bridgehead atoms. The molecule has 0 fully saturated rings. The molecule has 2 N–H and O–H groups in total. The quantitative estimate of drug-likeness (QED) is 0.398. The van der Waals surface area contributed by atoms with Gasteiger partial charge in [0.2, 0.25) is 5.95 Å². The van der Waals surface area contributed by atoms with Gasteiger partial charge in [0.05, 0.1) is 6.10 Å². The third kappa shape index (κ3) is 7.27. The van der Waals surface area contributed by atoms with Crippen LogP contribution in [0.2, 0.25) is 0 Å². The molecule has 0 amide bonds. The molecule has 0 aliphatic heterocycles. The number of benzene rings is 2. The average Bonchev–Trinajstić information content (AvgIpc) is 2.69. The zero-order valence-electron chi connectivity index (χ0n) is 19.1. The lowest BCUT2D eigenvalue weighted by Crippen LogP contribution is -2.22. The second-order valence-electron chi connectivity index (χ2n) is 8.63. The summed E-state index contributed by atoms with van der Waals surface area (Å²) in [6.45, 7) is 9.57. The van der Waals surface area contributed by atoms with Gasteiger partial charge in [0.1, 0.15) is 28.5 Å². The highest BCUT2D eigenvalue weighted by atomic mass is 19.4. The van der Waals surface area contributed by atoms with Gasteiger partial charge in [-0.05, 0) is 83.1 Å². The number of anilines is 4. The predicted molar refractivity (Wildman–Crippen MR) is 123 cm³/mol. The van der Waals surface area contributed by atoms with Gasteiger partial charge in [0, 0.05) is 17.6 Å². The molecule has 9 heteroatoms. The Morgan fingerprint density at radius 1 is 0.818 bits per heavy atom. The summed E-state index contributed by atoms with van der Waals surface area (Å²) < 4.78 is 51.9. The number of halogens is 3. The van der Waals surface area contributed by atoms with Crippen LogP contribution >= 0.6 is 0 Å². The van der Waals surface area contributed by atoms with Crippen molar-refractivity contribution in [1.29, 1.82) is 0 Å². The average molecular weight is 461 g/mol. The van der Waals surface area contributed by atoms with Crippen LogP contribution in [0.5, 0.6) is 11.5 Å². The molecular weight excluding hydrogens is 433 g/mol. The molecule has 1 aromatic heterocycles. The van der Waals surface area contributed by atoms with Crippen LogP contribution in [-0.2, 0) is 6.18 Å². The molecule has 0 saturated carbocycles.